The van der Waals surface area contributed by atoms with Crippen molar-refractivity contribution in [2.75, 3.05) is 0 Å². The molecule has 2 aromatic carbocycles. The molecule has 0 bridgehead atoms. The molecule has 0 spiro atoms. The molecule has 0 radical (unpaired) electrons. The average Bonchev–Trinajstić information content (AvgIpc) is 2.94. The second kappa shape index (κ2) is 5.43. The lowest BCUT2D eigenvalue weighted by Crippen LogP contribution is -2.21. The number of benzene rings is 2. The first-order chi connectivity index (χ1) is 9.78. The van der Waals surface area contributed by atoms with Crippen LogP contribution < -0.4 is 5.73 Å². The summed E-state index contributed by atoms with van der Waals surface area (Å²) in [6.07, 6.45) is 1.51. The van der Waals surface area contributed by atoms with Gasteiger partial charge in [0.25, 0.3) is 0 Å². The molecule has 3 rings (SSSR count). The predicted molar refractivity (Wildman–Crippen MR) is 79.2 cm³/mol. The maximum atomic E-state index is 5.92. The molecule has 0 fully saturated rings. The third-order valence-electron chi connectivity index (χ3n) is 3.46. The Bertz CT molecular complexity index is 715. The fourth-order valence-corrected chi connectivity index (χ4v) is 2.24. The van der Waals surface area contributed by atoms with E-state index in [0.29, 0.717) is 18.1 Å². The molecule has 4 nitrogen and oxygen atoms in total. The normalized spacial score (nSPS) is 12.7. The molecular weight excluding hydrogens is 250 g/mol. The molecule has 1 aromatic heterocycles. The van der Waals surface area contributed by atoms with E-state index in [1.165, 1.54) is 5.39 Å². The minimum atomic E-state index is 0.0656. The van der Waals surface area contributed by atoms with Crippen molar-refractivity contribution in [1.82, 2.24) is 10.1 Å². The Morgan fingerprint density at radius 1 is 1.15 bits per heavy atom. The number of rotatable bonds is 4. The maximum Gasteiger partial charge on any atom is 0.228 e. The van der Waals surface area contributed by atoms with Crippen molar-refractivity contribution in [3.63, 3.8) is 0 Å². The van der Waals surface area contributed by atoms with Crippen molar-refractivity contribution in [2.45, 2.75) is 25.8 Å². The SMILES string of the molecule is CCC(N)Cc1nc(-c2cccc3ccccc23)no1. The van der Waals surface area contributed by atoms with E-state index >= 15 is 0 Å². The summed E-state index contributed by atoms with van der Waals surface area (Å²) in [6, 6.07) is 14.3. The van der Waals surface area contributed by atoms with Gasteiger partial charge in [-0.1, -0.05) is 54.5 Å². The lowest BCUT2D eigenvalue weighted by atomic mass is 10.0. The quantitative estimate of drug-likeness (QED) is 0.788. The molecule has 1 atom stereocenters. The van der Waals surface area contributed by atoms with Crippen molar-refractivity contribution >= 4 is 10.8 Å². The molecule has 0 aliphatic heterocycles. The molecule has 0 saturated heterocycles. The molecule has 0 saturated carbocycles. The summed E-state index contributed by atoms with van der Waals surface area (Å²) >= 11 is 0. The van der Waals surface area contributed by atoms with Gasteiger partial charge in [0.05, 0.1) is 0 Å². The van der Waals surface area contributed by atoms with E-state index in [1.54, 1.807) is 0 Å². The van der Waals surface area contributed by atoms with E-state index in [2.05, 4.69) is 28.3 Å². The Labute approximate surface area is 117 Å². The molecule has 0 amide bonds. The highest BCUT2D eigenvalue weighted by Gasteiger charge is 2.13. The molecule has 20 heavy (non-hydrogen) atoms. The van der Waals surface area contributed by atoms with Crippen LogP contribution in [0.2, 0.25) is 0 Å². The van der Waals surface area contributed by atoms with Crippen molar-refractivity contribution < 1.29 is 4.52 Å². The Morgan fingerprint density at radius 2 is 1.95 bits per heavy atom. The Morgan fingerprint density at radius 3 is 2.80 bits per heavy atom. The monoisotopic (exact) mass is 267 g/mol. The first-order valence-corrected chi connectivity index (χ1v) is 6.84. The van der Waals surface area contributed by atoms with Crippen molar-refractivity contribution in [1.29, 1.82) is 0 Å². The average molecular weight is 267 g/mol. The van der Waals surface area contributed by atoms with Gasteiger partial charge in [-0.25, -0.2) is 0 Å². The van der Waals surface area contributed by atoms with Crippen LogP contribution in [0.5, 0.6) is 0 Å². The van der Waals surface area contributed by atoms with Crippen LogP contribution in [0.25, 0.3) is 22.2 Å². The van der Waals surface area contributed by atoms with Gasteiger partial charge in [-0.3, -0.25) is 0 Å². The highest BCUT2D eigenvalue weighted by molar-refractivity contribution is 5.94. The van der Waals surface area contributed by atoms with E-state index in [0.717, 1.165) is 17.4 Å². The number of fused-ring (bicyclic) bond motifs is 1. The second-order valence-corrected chi connectivity index (χ2v) is 4.91. The van der Waals surface area contributed by atoms with Crippen LogP contribution in [-0.4, -0.2) is 16.2 Å². The fraction of sp³-hybridized carbons (Fsp3) is 0.250. The van der Waals surface area contributed by atoms with Gasteiger partial charge in [0.2, 0.25) is 11.7 Å². The molecule has 4 heteroatoms. The number of nitrogens with zero attached hydrogens (tertiary/aromatic N) is 2. The lowest BCUT2D eigenvalue weighted by Gasteiger charge is -2.03. The van der Waals surface area contributed by atoms with E-state index in [4.69, 9.17) is 10.3 Å². The second-order valence-electron chi connectivity index (χ2n) is 4.91. The van der Waals surface area contributed by atoms with Crippen LogP contribution in [0.1, 0.15) is 19.2 Å². The van der Waals surface area contributed by atoms with Crippen LogP contribution in [0, 0.1) is 0 Å². The first-order valence-electron chi connectivity index (χ1n) is 6.84. The Balaban J connectivity index is 1.99. The first kappa shape index (κ1) is 12.8. The maximum absolute atomic E-state index is 5.92. The molecule has 0 aliphatic rings. The van der Waals surface area contributed by atoms with Crippen LogP contribution in [0.15, 0.2) is 47.0 Å². The summed E-state index contributed by atoms with van der Waals surface area (Å²) in [5, 5.41) is 6.38. The largest absolute Gasteiger partial charge is 0.339 e. The van der Waals surface area contributed by atoms with Crippen molar-refractivity contribution in [3.05, 3.63) is 48.4 Å². The van der Waals surface area contributed by atoms with Gasteiger partial charge in [0, 0.05) is 18.0 Å². The van der Waals surface area contributed by atoms with E-state index in [9.17, 15) is 0 Å². The summed E-state index contributed by atoms with van der Waals surface area (Å²) in [6.45, 7) is 2.05. The van der Waals surface area contributed by atoms with Crippen LogP contribution in [0.4, 0.5) is 0 Å². The standard InChI is InChI=1S/C16H17N3O/c1-2-12(17)10-15-18-16(19-20-15)14-9-5-7-11-6-3-4-8-13(11)14/h3-9,12H,2,10,17H2,1H3. The predicted octanol–water partition coefficient (Wildman–Crippen LogP) is 3.17. The zero-order valence-corrected chi connectivity index (χ0v) is 11.4. The van der Waals surface area contributed by atoms with Gasteiger partial charge in [0.15, 0.2) is 0 Å². The molecule has 1 unspecified atom stereocenters. The molecular formula is C16H17N3O. The van der Waals surface area contributed by atoms with Gasteiger partial charge in [-0.05, 0) is 17.2 Å². The third kappa shape index (κ3) is 2.42. The van der Waals surface area contributed by atoms with Crippen LogP contribution >= 0.6 is 0 Å². The van der Waals surface area contributed by atoms with Crippen LogP contribution in [0.3, 0.4) is 0 Å². The molecule has 1 heterocycles. The smallest absolute Gasteiger partial charge is 0.228 e. The van der Waals surface area contributed by atoms with Gasteiger partial charge < -0.3 is 10.3 Å². The summed E-state index contributed by atoms with van der Waals surface area (Å²) in [5.41, 5.74) is 6.90. The summed E-state index contributed by atoms with van der Waals surface area (Å²) in [4.78, 5) is 4.46. The van der Waals surface area contributed by atoms with Gasteiger partial charge in [0.1, 0.15) is 0 Å². The Hall–Kier alpha value is -2.20. The van der Waals surface area contributed by atoms with Crippen LogP contribution in [-0.2, 0) is 6.42 Å². The van der Waals surface area contributed by atoms with E-state index in [-0.39, 0.29) is 6.04 Å². The van der Waals surface area contributed by atoms with Gasteiger partial charge in [-0.2, -0.15) is 4.98 Å². The molecule has 0 aliphatic carbocycles. The fourth-order valence-electron chi connectivity index (χ4n) is 2.24. The molecule has 2 N–H and O–H groups in total. The molecule has 3 aromatic rings. The highest BCUT2D eigenvalue weighted by Crippen LogP contribution is 2.26. The minimum absolute atomic E-state index is 0.0656. The van der Waals surface area contributed by atoms with Crippen molar-refractivity contribution in [2.24, 2.45) is 5.73 Å². The topological polar surface area (TPSA) is 64.9 Å². The summed E-state index contributed by atoms with van der Waals surface area (Å²) < 4.78 is 5.30. The third-order valence-corrected chi connectivity index (χ3v) is 3.46. The van der Waals surface area contributed by atoms with Gasteiger partial charge >= 0.3 is 0 Å². The number of aromatic nitrogens is 2. The lowest BCUT2D eigenvalue weighted by molar-refractivity contribution is 0.368. The zero-order chi connectivity index (χ0) is 13.9. The highest BCUT2D eigenvalue weighted by atomic mass is 16.5. The molecule has 102 valence electrons. The van der Waals surface area contributed by atoms with E-state index in [1.807, 2.05) is 31.2 Å². The van der Waals surface area contributed by atoms with Gasteiger partial charge in [-0.15, -0.1) is 0 Å². The Kier molecular flexibility index (Phi) is 3.48. The number of hydrogen-bond acceptors (Lipinski definition) is 4. The summed E-state index contributed by atoms with van der Waals surface area (Å²) in [5.74, 6) is 1.22. The minimum Gasteiger partial charge on any atom is -0.339 e. The van der Waals surface area contributed by atoms with E-state index < -0.39 is 0 Å². The zero-order valence-electron chi connectivity index (χ0n) is 11.4. The number of hydrogen-bond donors (Lipinski definition) is 1. The summed E-state index contributed by atoms with van der Waals surface area (Å²) in [7, 11) is 0. The van der Waals surface area contributed by atoms with Crippen molar-refractivity contribution in [3.8, 4) is 11.4 Å². The number of nitrogens with two attached hydrogens (primary N) is 1.